The third-order valence-electron chi connectivity index (χ3n) is 2.23. The SMILES string of the molecule is Cc1ncn(-c2nc(Cl)c(C(=O)O)s2)c1C. The van der Waals surface area contributed by atoms with Crippen LogP contribution in [0, 0.1) is 13.8 Å². The maximum Gasteiger partial charge on any atom is 0.349 e. The summed E-state index contributed by atoms with van der Waals surface area (Å²) in [6.45, 7) is 3.76. The van der Waals surface area contributed by atoms with Gasteiger partial charge in [-0.3, -0.25) is 4.57 Å². The Morgan fingerprint density at radius 3 is 2.69 bits per heavy atom. The second-order valence-electron chi connectivity index (χ2n) is 3.21. The number of aromatic carboxylic acids is 1. The topological polar surface area (TPSA) is 68.0 Å². The lowest BCUT2D eigenvalue weighted by Gasteiger charge is -1.98. The van der Waals surface area contributed by atoms with Crippen molar-refractivity contribution in [3.63, 3.8) is 0 Å². The first-order valence-electron chi connectivity index (χ1n) is 4.41. The van der Waals surface area contributed by atoms with Crippen molar-refractivity contribution in [2.45, 2.75) is 13.8 Å². The zero-order valence-corrected chi connectivity index (χ0v) is 10.1. The first-order valence-corrected chi connectivity index (χ1v) is 5.60. The molecule has 0 bridgehead atoms. The molecule has 0 spiro atoms. The predicted octanol–water partition coefficient (Wildman–Crippen LogP) is 2.30. The van der Waals surface area contributed by atoms with E-state index in [4.69, 9.17) is 16.7 Å². The number of hydrogen-bond donors (Lipinski definition) is 1. The molecular formula is C9H8ClN3O2S. The van der Waals surface area contributed by atoms with Crippen LogP contribution in [0.1, 0.15) is 21.1 Å². The van der Waals surface area contributed by atoms with E-state index in [1.54, 1.807) is 10.9 Å². The molecule has 0 unspecified atom stereocenters. The molecule has 0 fully saturated rings. The third-order valence-corrected chi connectivity index (χ3v) is 3.65. The lowest BCUT2D eigenvalue weighted by atomic mass is 10.4. The lowest BCUT2D eigenvalue weighted by molar-refractivity contribution is 0.0702. The van der Waals surface area contributed by atoms with Crippen LogP contribution in [0.15, 0.2) is 6.33 Å². The van der Waals surface area contributed by atoms with E-state index < -0.39 is 5.97 Å². The van der Waals surface area contributed by atoms with Crippen molar-refractivity contribution in [2.24, 2.45) is 0 Å². The average molecular weight is 258 g/mol. The minimum atomic E-state index is -1.07. The maximum atomic E-state index is 10.8. The molecule has 2 aromatic heterocycles. The molecule has 2 aromatic rings. The van der Waals surface area contributed by atoms with E-state index >= 15 is 0 Å². The number of halogens is 1. The highest BCUT2D eigenvalue weighted by atomic mass is 35.5. The smallest absolute Gasteiger partial charge is 0.349 e. The van der Waals surface area contributed by atoms with Gasteiger partial charge in [-0.05, 0) is 13.8 Å². The van der Waals surface area contributed by atoms with Gasteiger partial charge in [0.25, 0.3) is 0 Å². The van der Waals surface area contributed by atoms with Crippen molar-refractivity contribution in [1.82, 2.24) is 14.5 Å². The summed E-state index contributed by atoms with van der Waals surface area (Å²) >= 11 is 6.76. The van der Waals surface area contributed by atoms with Gasteiger partial charge in [0, 0.05) is 5.69 Å². The van der Waals surface area contributed by atoms with Crippen LogP contribution in [0.3, 0.4) is 0 Å². The van der Waals surface area contributed by atoms with E-state index in [0.717, 1.165) is 22.7 Å². The molecule has 2 rings (SSSR count). The van der Waals surface area contributed by atoms with Crippen molar-refractivity contribution in [2.75, 3.05) is 0 Å². The van der Waals surface area contributed by atoms with Crippen LogP contribution in [0.5, 0.6) is 0 Å². The van der Waals surface area contributed by atoms with E-state index in [1.165, 1.54) is 0 Å². The Morgan fingerprint density at radius 1 is 1.56 bits per heavy atom. The van der Waals surface area contributed by atoms with E-state index in [2.05, 4.69) is 9.97 Å². The molecule has 0 atom stereocenters. The van der Waals surface area contributed by atoms with Crippen LogP contribution in [-0.4, -0.2) is 25.6 Å². The summed E-state index contributed by atoms with van der Waals surface area (Å²) in [6, 6.07) is 0. The Labute approximate surface area is 100 Å². The molecule has 84 valence electrons. The summed E-state index contributed by atoms with van der Waals surface area (Å²) in [5.41, 5.74) is 1.80. The summed E-state index contributed by atoms with van der Waals surface area (Å²) in [6.07, 6.45) is 1.60. The van der Waals surface area contributed by atoms with Crippen molar-refractivity contribution in [3.05, 3.63) is 27.7 Å². The number of carbonyl (C=O) groups is 1. The molecule has 0 saturated heterocycles. The fourth-order valence-electron chi connectivity index (χ4n) is 1.22. The van der Waals surface area contributed by atoms with Gasteiger partial charge < -0.3 is 5.11 Å². The minimum Gasteiger partial charge on any atom is -0.477 e. The number of thiazole rings is 1. The number of imidazole rings is 1. The Morgan fingerprint density at radius 2 is 2.25 bits per heavy atom. The average Bonchev–Trinajstić information content (AvgIpc) is 2.73. The van der Waals surface area contributed by atoms with Crippen LogP contribution >= 0.6 is 22.9 Å². The van der Waals surface area contributed by atoms with Crippen LogP contribution < -0.4 is 0 Å². The first kappa shape index (κ1) is 11.1. The fraction of sp³-hybridized carbons (Fsp3) is 0.222. The van der Waals surface area contributed by atoms with Crippen molar-refractivity contribution in [1.29, 1.82) is 0 Å². The van der Waals surface area contributed by atoms with Crippen LogP contribution in [0.2, 0.25) is 5.15 Å². The largest absolute Gasteiger partial charge is 0.477 e. The van der Waals surface area contributed by atoms with Gasteiger partial charge in [-0.25, -0.2) is 14.8 Å². The number of hydrogen-bond acceptors (Lipinski definition) is 4. The molecule has 1 N–H and O–H groups in total. The highest BCUT2D eigenvalue weighted by Gasteiger charge is 2.17. The molecular weight excluding hydrogens is 250 g/mol. The molecule has 0 saturated carbocycles. The Balaban J connectivity index is 2.53. The molecule has 0 aliphatic carbocycles. The number of aryl methyl sites for hydroxylation is 1. The Bertz CT molecular complexity index is 561. The van der Waals surface area contributed by atoms with Crippen molar-refractivity contribution >= 4 is 28.9 Å². The molecule has 0 aliphatic rings. The standard InChI is InChI=1S/C9H8ClN3O2S/c1-4-5(2)13(3-11-4)9-12-7(10)6(16-9)8(14)15/h3H,1-2H3,(H,14,15). The fourth-order valence-corrected chi connectivity index (χ4v) is 2.36. The number of nitrogens with zero attached hydrogens (tertiary/aromatic N) is 3. The van der Waals surface area contributed by atoms with Gasteiger partial charge in [-0.1, -0.05) is 22.9 Å². The zero-order chi connectivity index (χ0) is 11.9. The molecule has 0 aliphatic heterocycles. The van der Waals surface area contributed by atoms with Gasteiger partial charge in [-0.15, -0.1) is 0 Å². The second kappa shape index (κ2) is 3.88. The molecule has 7 heteroatoms. The molecule has 0 aromatic carbocycles. The van der Waals surface area contributed by atoms with Crippen molar-refractivity contribution in [3.8, 4) is 5.13 Å². The van der Waals surface area contributed by atoms with Crippen LogP contribution in [0.25, 0.3) is 5.13 Å². The Hall–Kier alpha value is -1.40. The monoisotopic (exact) mass is 257 g/mol. The number of carboxylic acids is 1. The van der Waals surface area contributed by atoms with Gasteiger partial charge in [0.05, 0.1) is 5.69 Å². The van der Waals surface area contributed by atoms with Crippen molar-refractivity contribution < 1.29 is 9.90 Å². The minimum absolute atomic E-state index is 0.0123. The van der Waals surface area contributed by atoms with E-state index in [-0.39, 0.29) is 10.0 Å². The first-order chi connectivity index (χ1) is 7.50. The van der Waals surface area contributed by atoms with Gasteiger partial charge in [0.1, 0.15) is 6.33 Å². The molecule has 2 heterocycles. The highest BCUT2D eigenvalue weighted by Crippen LogP contribution is 2.26. The Kier molecular flexibility index (Phi) is 2.69. The molecule has 5 nitrogen and oxygen atoms in total. The summed E-state index contributed by atoms with van der Waals surface area (Å²) < 4.78 is 1.72. The third kappa shape index (κ3) is 1.70. The number of aromatic nitrogens is 3. The second-order valence-corrected chi connectivity index (χ2v) is 4.54. The highest BCUT2D eigenvalue weighted by molar-refractivity contribution is 7.16. The van der Waals surface area contributed by atoms with E-state index in [1.807, 2.05) is 13.8 Å². The quantitative estimate of drug-likeness (QED) is 0.896. The van der Waals surface area contributed by atoms with Gasteiger partial charge in [0.15, 0.2) is 15.2 Å². The van der Waals surface area contributed by atoms with Crippen LogP contribution in [-0.2, 0) is 0 Å². The van der Waals surface area contributed by atoms with Crippen LogP contribution in [0.4, 0.5) is 0 Å². The van der Waals surface area contributed by atoms with Gasteiger partial charge in [-0.2, -0.15) is 0 Å². The maximum absolute atomic E-state index is 10.8. The van der Waals surface area contributed by atoms with Gasteiger partial charge >= 0.3 is 5.97 Å². The molecule has 16 heavy (non-hydrogen) atoms. The summed E-state index contributed by atoms with van der Waals surface area (Å²) in [5.74, 6) is -1.07. The van der Waals surface area contributed by atoms with E-state index in [0.29, 0.717) is 5.13 Å². The summed E-state index contributed by atoms with van der Waals surface area (Å²) in [4.78, 5) is 19.0. The lowest BCUT2D eigenvalue weighted by Crippen LogP contribution is -1.93. The normalized spacial score (nSPS) is 10.7. The van der Waals surface area contributed by atoms with Gasteiger partial charge in [0.2, 0.25) is 0 Å². The number of carboxylic acid groups (broad SMARTS) is 1. The molecule has 0 radical (unpaired) electrons. The summed E-state index contributed by atoms with van der Waals surface area (Å²) in [7, 11) is 0. The van der Waals surface area contributed by atoms with E-state index in [9.17, 15) is 4.79 Å². The predicted molar refractivity (Wildman–Crippen MR) is 60.7 cm³/mol. The zero-order valence-electron chi connectivity index (χ0n) is 8.56. The number of rotatable bonds is 2. The summed E-state index contributed by atoms with van der Waals surface area (Å²) in [5, 5.41) is 9.39. The molecule has 0 amide bonds.